The third-order valence-corrected chi connectivity index (χ3v) is 4.94. The van der Waals surface area contributed by atoms with Gasteiger partial charge in [0.1, 0.15) is 12.4 Å². The first-order chi connectivity index (χ1) is 14.7. The second-order valence-electron chi connectivity index (χ2n) is 7.08. The molecule has 1 saturated heterocycles. The van der Waals surface area contributed by atoms with Crippen molar-refractivity contribution < 1.29 is 14.3 Å². The average Bonchev–Trinajstić information content (AvgIpc) is 3.23. The number of carbonyl (C=O) groups excluding carboxylic acids is 2. The van der Waals surface area contributed by atoms with Gasteiger partial charge in [0.15, 0.2) is 5.78 Å². The Morgan fingerprint density at radius 3 is 2.67 bits per heavy atom. The van der Waals surface area contributed by atoms with E-state index >= 15 is 0 Å². The van der Waals surface area contributed by atoms with Crippen LogP contribution in [-0.2, 0) is 11.4 Å². The smallest absolute Gasteiger partial charge is 0.227 e. The number of amides is 1. The standard InChI is InChI=1S/C25H22N2O3/c28-24(20-5-3-7-22(17-20)27-16-4-8-25(27)29)14-11-19-9-12-23(13-10-19)30-18-21-6-1-2-15-26-21/h1-3,5-7,9-15,17H,4,8,16,18H2/b14-11+. The molecule has 0 radical (unpaired) electrons. The van der Waals surface area contributed by atoms with Gasteiger partial charge in [0.05, 0.1) is 5.69 Å². The number of pyridine rings is 1. The number of carbonyl (C=O) groups is 2. The van der Waals surface area contributed by atoms with Crippen LogP contribution in [0.4, 0.5) is 5.69 Å². The highest BCUT2D eigenvalue weighted by Gasteiger charge is 2.22. The van der Waals surface area contributed by atoms with Crippen LogP contribution in [0.2, 0.25) is 0 Å². The number of ketones is 1. The number of anilines is 1. The van der Waals surface area contributed by atoms with E-state index in [1.807, 2.05) is 54.6 Å². The minimum atomic E-state index is -0.0982. The van der Waals surface area contributed by atoms with E-state index in [-0.39, 0.29) is 11.7 Å². The number of allylic oxidation sites excluding steroid dienone is 1. The number of rotatable bonds is 7. The van der Waals surface area contributed by atoms with Crippen molar-refractivity contribution in [1.82, 2.24) is 4.98 Å². The minimum absolute atomic E-state index is 0.0982. The molecule has 4 rings (SSSR count). The lowest BCUT2D eigenvalue weighted by Gasteiger charge is -2.16. The van der Waals surface area contributed by atoms with Crippen LogP contribution < -0.4 is 9.64 Å². The monoisotopic (exact) mass is 398 g/mol. The summed E-state index contributed by atoms with van der Waals surface area (Å²) in [5.41, 5.74) is 3.12. The van der Waals surface area contributed by atoms with Crippen LogP contribution in [0.3, 0.4) is 0 Å². The van der Waals surface area contributed by atoms with E-state index < -0.39 is 0 Å². The molecule has 1 amide bonds. The van der Waals surface area contributed by atoms with E-state index in [0.29, 0.717) is 25.1 Å². The van der Waals surface area contributed by atoms with Crippen molar-refractivity contribution >= 4 is 23.5 Å². The Kier molecular flexibility index (Phi) is 5.99. The molecular formula is C25H22N2O3. The van der Waals surface area contributed by atoms with Crippen molar-refractivity contribution in [3.8, 4) is 5.75 Å². The molecule has 1 aromatic heterocycles. The fraction of sp³-hybridized carbons (Fsp3) is 0.160. The Labute approximate surface area is 175 Å². The van der Waals surface area contributed by atoms with Crippen LogP contribution in [-0.4, -0.2) is 23.2 Å². The quantitative estimate of drug-likeness (QED) is 0.428. The van der Waals surface area contributed by atoms with Gasteiger partial charge in [0, 0.05) is 30.4 Å². The summed E-state index contributed by atoms with van der Waals surface area (Å²) in [6.07, 6.45) is 6.49. The molecular weight excluding hydrogens is 376 g/mol. The zero-order valence-corrected chi connectivity index (χ0v) is 16.5. The lowest BCUT2D eigenvalue weighted by molar-refractivity contribution is -0.117. The second-order valence-corrected chi connectivity index (χ2v) is 7.08. The molecule has 0 N–H and O–H groups in total. The molecule has 0 unspecified atom stereocenters. The molecule has 2 heterocycles. The summed E-state index contributed by atoms with van der Waals surface area (Å²) in [5, 5.41) is 0. The minimum Gasteiger partial charge on any atom is -0.487 e. The molecule has 0 spiro atoms. The third-order valence-electron chi connectivity index (χ3n) is 4.94. The number of hydrogen-bond acceptors (Lipinski definition) is 4. The molecule has 1 aliphatic heterocycles. The summed E-state index contributed by atoms with van der Waals surface area (Å²) in [4.78, 5) is 30.5. The number of aromatic nitrogens is 1. The summed E-state index contributed by atoms with van der Waals surface area (Å²) in [7, 11) is 0. The van der Waals surface area contributed by atoms with Gasteiger partial charge in [-0.2, -0.15) is 0 Å². The van der Waals surface area contributed by atoms with Crippen molar-refractivity contribution in [3.63, 3.8) is 0 Å². The van der Waals surface area contributed by atoms with Gasteiger partial charge in [0.25, 0.3) is 0 Å². The Morgan fingerprint density at radius 1 is 1.07 bits per heavy atom. The first-order valence-electron chi connectivity index (χ1n) is 9.95. The fourth-order valence-corrected chi connectivity index (χ4v) is 3.33. The number of ether oxygens (including phenoxy) is 1. The lowest BCUT2D eigenvalue weighted by atomic mass is 10.1. The van der Waals surface area contributed by atoms with Crippen LogP contribution in [0.25, 0.3) is 6.08 Å². The summed E-state index contributed by atoms with van der Waals surface area (Å²) in [6, 6.07) is 20.5. The topological polar surface area (TPSA) is 59.5 Å². The molecule has 0 aliphatic carbocycles. The van der Waals surface area contributed by atoms with Crippen molar-refractivity contribution in [1.29, 1.82) is 0 Å². The van der Waals surface area contributed by atoms with Crippen molar-refractivity contribution in [2.75, 3.05) is 11.4 Å². The summed E-state index contributed by atoms with van der Waals surface area (Å²) >= 11 is 0. The van der Waals surface area contributed by atoms with Crippen LogP contribution in [0, 0.1) is 0 Å². The van der Waals surface area contributed by atoms with Crippen LogP contribution in [0.1, 0.15) is 34.5 Å². The number of nitrogens with zero attached hydrogens (tertiary/aromatic N) is 2. The van der Waals surface area contributed by atoms with Crippen molar-refractivity contribution in [2.24, 2.45) is 0 Å². The zero-order valence-electron chi connectivity index (χ0n) is 16.5. The van der Waals surface area contributed by atoms with Gasteiger partial charge in [-0.15, -0.1) is 0 Å². The van der Waals surface area contributed by atoms with Crippen molar-refractivity contribution in [3.05, 3.63) is 95.8 Å². The van der Waals surface area contributed by atoms with E-state index in [2.05, 4.69) is 4.98 Å². The summed E-state index contributed by atoms with van der Waals surface area (Å²) in [6.45, 7) is 1.12. The largest absolute Gasteiger partial charge is 0.487 e. The number of benzene rings is 2. The van der Waals surface area contributed by atoms with Gasteiger partial charge in [-0.25, -0.2) is 0 Å². The van der Waals surface area contributed by atoms with Gasteiger partial charge in [-0.05, 0) is 54.5 Å². The molecule has 0 atom stereocenters. The SMILES string of the molecule is O=C(/C=C/c1ccc(OCc2ccccn2)cc1)c1cccc(N2CCCC2=O)c1. The molecule has 150 valence electrons. The highest BCUT2D eigenvalue weighted by atomic mass is 16.5. The molecule has 2 aromatic carbocycles. The van der Waals surface area contributed by atoms with E-state index in [9.17, 15) is 9.59 Å². The molecule has 0 saturated carbocycles. The average molecular weight is 398 g/mol. The van der Waals surface area contributed by atoms with Gasteiger partial charge < -0.3 is 9.64 Å². The predicted molar refractivity (Wildman–Crippen MR) is 116 cm³/mol. The van der Waals surface area contributed by atoms with E-state index in [4.69, 9.17) is 4.74 Å². The molecule has 1 fully saturated rings. The molecule has 0 bridgehead atoms. The zero-order chi connectivity index (χ0) is 20.8. The lowest BCUT2D eigenvalue weighted by Crippen LogP contribution is -2.23. The van der Waals surface area contributed by atoms with Crippen LogP contribution in [0.5, 0.6) is 5.75 Å². The predicted octanol–water partition coefficient (Wildman–Crippen LogP) is 4.68. The maximum atomic E-state index is 12.6. The normalized spacial score (nSPS) is 13.7. The Hall–Kier alpha value is -3.73. The fourth-order valence-electron chi connectivity index (χ4n) is 3.33. The van der Waals surface area contributed by atoms with Gasteiger partial charge in [-0.3, -0.25) is 14.6 Å². The Balaban J connectivity index is 1.37. The molecule has 5 nitrogen and oxygen atoms in total. The van der Waals surface area contributed by atoms with Crippen molar-refractivity contribution in [2.45, 2.75) is 19.4 Å². The van der Waals surface area contributed by atoms with Crippen LogP contribution in [0.15, 0.2) is 79.0 Å². The van der Waals surface area contributed by atoms with Crippen LogP contribution >= 0.6 is 0 Å². The van der Waals surface area contributed by atoms with Gasteiger partial charge in [0.2, 0.25) is 5.91 Å². The van der Waals surface area contributed by atoms with E-state index in [1.54, 1.807) is 35.4 Å². The van der Waals surface area contributed by atoms with Gasteiger partial charge in [-0.1, -0.05) is 36.4 Å². The highest BCUT2D eigenvalue weighted by molar-refractivity contribution is 6.08. The maximum absolute atomic E-state index is 12.6. The summed E-state index contributed by atoms with van der Waals surface area (Å²) < 4.78 is 5.73. The molecule has 30 heavy (non-hydrogen) atoms. The maximum Gasteiger partial charge on any atom is 0.227 e. The second kappa shape index (κ2) is 9.18. The summed E-state index contributed by atoms with van der Waals surface area (Å²) in [5.74, 6) is 0.756. The first-order valence-corrected chi connectivity index (χ1v) is 9.95. The van der Waals surface area contributed by atoms with E-state index in [0.717, 1.165) is 29.1 Å². The highest BCUT2D eigenvalue weighted by Crippen LogP contribution is 2.23. The Morgan fingerprint density at radius 2 is 1.93 bits per heavy atom. The van der Waals surface area contributed by atoms with Gasteiger partial charge >= 0.3 is 0 Å². The third kappa shape index (κ3) is 4.81. The molecule has 3 aromatic rings. The van der Waals surface area contributed by atoms with E-state index in [1.165, 1.54) is 0 Å². The molecule has 5 heteroatoms. The Bertz CT molecular complexity index is 1060. The number of hydrogen-bond donors (Lipinski definition) is 0. The molecule has 1 aliphatic rings. The first kappa shape index (κ1) is 19.6.